The van der Waals surface area contributed by atoms with Gasteiger partial charge in [-0.05, 0) is 46.2 Å². The Hall–Kier alpha value is -0.480. The van der Waals surface area contributed by atoms with Gasteiger partial charge in [0.1, 0.15) is 0 Å². The van der Waals surface area contributed by atoms with Gasteiger partial charge in [0.15, 0.2) is 4.67 Å². The maximum Gasteiger partial charge on any atom is 0.174 e. The Balaban J connectivity index is 2.45. The van der Waals surface area contributed by atoms with E-state index in [0.29, 0.717) is 14.7 Å². The van der Waals surface area contributed by atoms with Gasteiger partial charge in [-0.25, -0.2) is 0 Å². The molecule has 1 heterocycles. The van der Waals surface area contributed by atoms with Gasteiger partial charge in [0.25, 0.3) is 0 Å². The molecule has 18 heavy (non-hydrogen) atoms. The zero-order valence-electron chi connectivity index (χ0n) is 9.71. The molecule has 0 amide bonds. The number of hydrogen-bond donors (Lipinski definition) is 1. The fourth-order valence-electron chi connectivity index (χ4n) is 1.84. The Labute approximate surface area is 124 Å². The molecule has 0 radical (unpaired) electrons. The minimum Gasteiger partial charge on any atom is -0.457 e. The van der Waals surface area contributed by atoms with Gasteiger partial charge in [-0.3, -0.25) is 0 Å². The first kappa shape index (κ1) is 13.9. The predicted molar refractivity (Wildman–Crippen MR) is 78.4 cm³/mol. The molecule has 0 aliphatic carbocycles. The van der Waals surface area contributed by atoms with Gasteiger partial charge < -0.3 is 9.73 Å². The van der Waals surface area contributed by atoms with E-state index >= 15 is 0 Å². The summed E-state index contributed by atoms with van der Waals surface area (Å²) in [6.07, 6.45) is 1.65. The van der Waals surface area contributed by atoms with Crippen LogP contribution in [0.3, 0.4) is 0 Å². The van der Waals surface area contributed by atoms with Crippen molar-refractivity contribution in [2.24, 2.45) is 0 Å². The molecule has 0 fully saturated rings. The highest BCUT2D eigenvalue weighted by molar-refractivity contribution is 9.10. The molecule has 1 aromatic heterocycles. The molecule has 1 unspecified atom stereocenters. The van der Waals surface area contributed by atoms with Crippen molar-refractivity contribution in [3.8, 4) is 0 Å². The first-order chi connectivity index (χ1) is 8.63. The van der Waals surface area contributed by atoms with Crippen LogP contribution in [0.5, 0.6) is 0 Å². The Bertz CT molecular complexity index is 542. The fourth-order valence-corrected chi connectivity index (χ4v) is 2.82. The smallest absolute Gasteiger partial charge is 0.174 e. The maximum atomic E-state index is 6.26. The Kier molecular flexibility index (Phi) is 4.73. The maximum absolute atomic E-state index is 6.26. The third-order valence-electron chi connectivity index (χ3n) is 2.64. The molecule has 2 aromatic rings. The lowest BCUT2D eigenvalue weighted by molar-refractivity contribution is 0.526. The first-order valence-corrected chi connectivity index (χ1v) is 7.09. The third-order valence-corrected chi connectivity index (χ3v) is 3.85. The predicted octanol–water partition coefficient (Wildman–Crippen LogP) is 5.05. The Morgan fingerprint density at radius 3 is 2.61 bits per heavy atom. The lowest BCUT2D eigenvalue weighted by Crippen LogP contribution is -2.22. The lowest BCUT2D eigenvalue weighted by atomic mass is 10.0. The molecule has 0 bridgehead atoms. The summed E-state index contributed by atoms with van der Waals surface area (Å²) < 4.78 is 5.99. The first-order valence-electron chi connectivity index (χ1n) is 5.54. The van der Waals surface area contributed by atoms with Gasteiger partial charge in [-0.1, -0.05) is 36.2 Å². The molecule has 1 atom stereocenters. The Morgan fingerprint density at radius 1 is 1.28 bits per heavy atom. The van der Waals surface area contributed by atoms with Crippen molar-refractivity contribution in [1.82, 2.24) is 5.32 Å². The van der Waals surface area contributed by atoms with Crippen LogP contribution in [-0.2, 0) is 0 Å². The van der Waals surface area contributed by atoms with E-state index in [0.717, 1.165) is 17.7 Å². The van der Waals surface area contributed by atoms with E-state index in [9.17, 15) is 0 Å². The highest BCUT2D eigenvalue weighted by atomic mass is 79.9. The summed E-state index contributed by atoms with van der Waals surface area (Å²) in [6, 6.07) is 7.41. The molecular formula is C13H12BrCl2NO. The monoisotopic (exact) mass is 347 g/mol. The highest BCUT2D eigenvalue weighted by Crippen LogP contribution is 2.34. The molecule has 5 heteroatoms. The summed E-state index contributed by atoms with van der Waals surface area (Å²) >= 11 is 15.6. The number of hydrogen-bond acceptors (Lipinski definition) is 2. The van der Waals surface area contributed by atoms with Gasteiger partial charge in [-0.15, -0.1) is 0 Å². The van der Waals surface area contributed by atoms with Crippen molar-refractivity contribution >= 4 is 39.1 Å². The average molecular weight is 349 g/mol. The van der Waals surface area contributed by atoms with Crippen LogP contribution in [0, 0.1) is 0 Å². The van der Waals surface area contributed by atoms with Crippen LogP contribution in [0.4, 0.5) is 0 Å². The third kappa shape index (κ3) is 2.91. The van der Waals surface area contributed by atoms with Crippen molar-refractivity contribution in [3.05, 3.63) is 56.4 Å². The molecule has 96 valence electrons. The minimum atomic E-state index is -0.0205. The average Bonchev–Trinajstić information content (AvgIpc) is 2.73. The zero-order chi connectivity index (χ0) is 13.1. The molecule has 0 saturated heterocycles. The van der Waals surface area contributed by atoms with Gasteiger partial charge in [0, 0.05) is 15.6 Å². The van der Waals surface area contributed by atoms with Crippen LogP contribution in [-0.4, -0.2) is 6.54 Å². The largest absolute Gasteiger partial charge is 0.457 e. The minimum absolute atomic E-state index is 0.0205. The van der Waals surface area contributed by atoms with Gasteiger partial charge in [0.05, 0.1) is 12.3 Å². The van der Waals surface area contributed by atoms with Crippen LogP contribution in [0.2, 0.25) is 10.0 Å². The molecule has 2 nitrogen and oxygen atoms in total. The van der Waals surface area contributed by atoms with Crippen molar-refractivity contribution in [3.63, 3.8) is 0 Å². The summed E-state index contributed by atoms with van der Waals surface area (Å²) in [6.45, 7) is 2.87. The number of rotatable bonds is 4. The van der Waals surface area contributed by atoms with E-state index in [2.05, 4.69) is 21.2 Å². The number of benzene rings is 1. The second-order valence-electron chi connectivity index (χ2n) is 3.81. The van der Waals surface area contributed by atoms with E-state index in [1.807, 2.05) is 25.1 Å². The van der Waals surface area contributed by atoms with Gasteiger partial charge in [-0.2, -0.15) is 0 Å². The quantitative estimate of drug-likeness (QED) is 0.836. The highest BCUT2D eigenvalue weighted by Gasteiger charge is 2.20. The molecule has 2 rings (SSSR count). The second-order valence-corrected chi connectivity index (χ2v) is 5.37. The topological polar surface area (TPSA) is 25.2 Å². The summed E-state index contributed by atoms with van der Waals surface area (Å²) in [7, 11) is 0. The van der Waals surface area contributed by atoms with Crippen LogP contribution < -0.4 is 5.32 Å². The van der Waals surface area contributed by atoms with Crippen molar-refractivity contribution in [2.45, 2.75) is 13.0 Å². The van der Waals surface area contributed by atoms with E-state index in [1.54, 1.807) is 12.3 Å². The second kappa shape index (κ2) is 6.11. The number of nitrogens with one attached hydrogen (secondary N) is 1. The van der Waals surface area contributed by atoms with Crippen molar-refractivity contribution in [2.75, 3.05) is 6.54 Å². The van der Waals surface area contributed by atoms with Crippen LogP contribution in [0.15, 0.2) is 39.6 Å². The summed E-state index contributed by atoms with van der Waals surface area (Å²) in [5.74, 6) is 0. The van der Waals surface area contributed by atoms with Gasteiger partial charge in [0.2, 0.25) is 0 Å². The normalized spacial score (nSPS) is 12.7. The van der Waals surface area contributed by atoms with Crippen molar-refractivity contribution < 1.29 is 4.42 Å². The lowest BCUT2D eigenvalue weighted by Gasteiger charge is -2.19. The molecule has 1 aromatic carbocycles. The molecular weight excluding hydrogens is 337 g/mol. The SMILES string of the molecule is CCNC(c1ccc(Cl)cc1Cl)c1ccoc1Br. The standard InChI is InChI=1S/C13H12BrCl2NO/c1-2-17-12(10-5-6-18-13(10)14)9-4-3-8(15)7-11(9)16/h3-7,12,17H,2H2,1H3. The van der Waals surface area contributed by atoms with E-state index in [1.165, 1.54) is 0 Å². The number of halogens is 3. The van der Waals surface area contributed by atoms with Crippen LogP contribution >= 0.6 is 39.1 Å². The van der Waals surface area contributed by atoms with E-state index in [-0.39, 0.29) is 6.04 Å². The van der Waals surface area contributed by atoms with Gasteiger partial charge >= 0.3 is 0 Å². The molecule has 0 saturated carbocycles. The zero-order valence-corrected chi connectivity index (χ0v) is 12.8. The molecule has 1 N–H and O–H groups in total. The molecule has 0 aliphatic rings. The fraction of sp³-hybridized carbons (Fsp3) is 0.231. The van der Waals surface area contributed by atoms with Crippen LogP contribution in [0.1, 0.15) is 24.1 Å². The summed E-state index contributed by atoms with van der Waals surface area (Å²) in [5.41, 5.74) is 1.99. The molecule has 0 aliphatic heterocycles. The molecule has 0 spiro atoms. The summed E-state index contributed by atoms with van der Waals surface area (Å²) in [5, 5.41) is 4.66. The number of furan rings is 1. The van der Waals surface area contributed by atoms with E-state index in [4.69, 9.17) is 27.6 Å². The van der Waals surface area contributed by atoms with E-state index < -0.39 is 0 Å². The summed E-state index contributed by atoms with van der Waals surface area (Å²) in [4.78, 5) is 0. The Morgan fingerprint density at radius 2 is 2.06 bits per heavy atom. The van der Waals surface area contributed by atoms with Crippen molar-refractivity contribution in [1.29, 1.82) is 0 Å². The van der Waals surface area contributed by atoms with Crippen LogP contribution in [0.25, 0.3) is 0 Å².